The number of nitrogens with zero attached hydrogens (tertiary/aromatic N) is 2. The lowest BCUT2D eigenvalue weighted by Gasteiger charge is -2.53. The van der Waals surface area contributed by atoms with Crippen LogP contribution >= 0.6 is 0 Å². The minimum absolute atomic E-state index is 0.192. The van der Waals surface area contributed by atoms with Crippen LogP contribution in [-0.4, -0.2) is 42.2 Å². The lowest BCUT2D eigenvalue weighted by atomic mass is 10.1. The zero-order valence-electron chi connectivity index (χ0n) is 7.91. The first-order chi connectivity index (χ1) is 6.43. The highest BCUT2D eigenvalue weighted by molar-refractivity contribution is 4.80. The van der Waals surface area contributed by atoms with E-state index < -0.39 is 0 Å². The molecular weight excluding hydrogens is 166 g/mol. The van der Waals surface area contributed by atoms with Gasteiger partial charge in [0, 0.05) is 26.1 Å². The van der Waals surface area contributed by atoms with Crippen molar-refractivity contribution < 1.29 is 4.74 Å². The van der Waals surface area contributed by atoms with Crippen molar-refractivity contribution in [2.45, 2.75) is 38.3 Å². The normalized spacial score (nSPS) is 41.5. The molecule has 0 aliphatic carbocycles. The van der Waals surface area contributed by atoms with Crippen LogP contribution in [0.3, 0.4) is 0 Å². The summed E-state index contributed by atoms with van der Waals surface area (Å²) in [6, 6.07) is 0. The largest absolute Gasteiger partial charge is 0.330 e. The topological polar surface area (TPSA) is 27.7 Å². The number of ether oxygens (including phenoxy) is 1. The first-order valence-electron chi connectivity index (χ1n) is 5.36. The molecule has 4 nitrogen and oxygen atoms in total. The van der Waals surface area contributed by atoms with Gasteiger partial charge in [-0.25, -0.2) is 10.0 Å². The van der Waals surface area contributed by atoms with Gasteiger partial charge in [-0.2, -0.15) is 0 Å². The quantitative estimate of drug-likeness (QED) is 0.633. The standard InChI is InChI=1S/C9H17N3O/c1-2-5-11(6-3-1)12-7-4-8-10-9(12)13-8/h8-10H,1-7H2. The van der Waals surface area contributed by atoms with E-state index in [1.54, 1.807) is 0 Å². The Balaban J connectivity index is 1.62. The zero-order chi connectivity index (χ0) is 8.67. The molecule has 0 aromatic rings. The predicted octanol–water partition coefficient (Wildman–Crippen LogP) is 0.322. The van der Waals surface area contributed by atoms with Gasteiger partial charge < -0.3 is 4.74 Å². The molecule has 4 saturated heterocycles. The average Bonchev–Trinajstić information content (AvgIpc) is 2.18. The third kappa shape index (κ3) is 1.38. The molecule has 2 bridgehead atoms. The summed E-state index contributed by atoms with van der Waals surface area (Å²) in [7, 11) is 0. The molecule has 4 heteroatoms. The van der Waals surface area contributed by atoms with Crippen LogP contribution in [0.15, 0.2) is 0 Å². The molecule has 2 atom stereocenters. The second-order valence-electron chi connectivity index (χ2n) is 4.11. The first-order valence-corrected chi connectivity index (χ1v) is 5.36. The van der Waals surface area contributed by atoms with Gasteiger partial charge in [-0.05, 0) is 12.8 Å². The van der Waals surface area contributed by atoms with Crippen LogP contribution in [0.1, 0.15) is 25.7 Å². The van der Waals surface area contributed by atoms with Gasteiger partial charge in [-0.3, -0.25) is 5.32 Å². The number of hydrogen-bond donors (Lipinski definition) is 1. The molecule has 4 aliphatic rings. The van der Waals surface area contributed by atoms with E-state index in [4.69, 9.17) is 4.74 Å². The van der Waals surface area contributed by atoms with Crippen molar-refractivity contribution in [3.8, 4) is 0 Å². The van der Waals surface area contributed by atoms with E-state index in [0.29, 0.717) is 6.23 Å². The van der Waals surface area contributed by atoms with Crippen molar-refractivity contribution in [3.63, 3.8) is 0 Å². The fourth-order valence-corrected chi connectivity index (χ4v) is 2.42. The molecule has 4 rings (SSSR count). The summed E-state index contributed by atoms with van der Waals surface area (Å²) < 4.78 is 5.61. The molecule has 0 spiro atoms. The Kier molecular flexibility index (Phi) is 2.01. The second kappa shape index (κ2) is 3.20. The van der Waals surface area contributed by atoms with Crippen LogP contribution in [0.4, 0.5) is 0 Å². The Morgan fingerprint density at radius 3 is 2.46 bits per heavy atom. The van der Waals surface area contributed by atoms with Gasteiger partial charge in [0.05, 0.1) is 0 Å². The molecule has 2 unspecified atom stereocenters. The van der Waals surface area contributed by atoms with Gasteiger partial charge >= 0.3 is 0 Å². The van der Waals surface area contributed by atoms with E-state index in [0.717, 1.165) is 6.42 Å². The Morgan fingerprint density at radius 2 is 1.85 bits per heavy atom. The first kappa shape index (κ1) is 8.17. The monoisotopic (exact) mass is 183 g/mol. The number of piperidine rings is 1. The Labute approximate surface area is 78.8 Å². The van der Waals surface area contributed by atoms with Gasteiger partial charge in [-0.1, -0.05) is 6.42 Å². The van der Waals surface area contributed by atoms with E-state index in [-0.39, 0.29) is 6.35 Å². The lowest BCUT2D eigenvalue weighted by molar-refractivity contribution is -0.318. The summed E-state index contributed by atoms with van der Waals surface area (Å²) in [6.45, 7) is 3.60. The number of nitrogens with one attached hydrogen (secondary N) is 1. The fraction of sp³-hybridized carbons (Fsp3) is 1.00. The lowest BCUT2D eigenvalue weighted by Crippen LogP contribution is -2.72. The maximum Gasteiger partial charge on any atom is 0.182 e. The van der Waals surface area contributed by atoms with Crippen molar-refractivity contribution >= 4 is 0 Å². The summed E-state index contributed by atoms with van der Waals surface area (Å²) in [5.41, 5.74) is 0. The number of rotatable bonds is 1. The van der Waals surface area contributed by atoms with Gasteiger partial charge in [0.15, 0.2) is 6.35 Å². The Bertz CT molecular complexity index is 185. The zero-order valence-corrected chi connectivity index (χ0v) is 7.91. The summed E-state index contributed by atoms with van der Waals surface area (Å²) in [4.78, 5) is 0. The number of hydrogen-bond acceptors (Lipinski definition) is 4. The van der Waals surface area contributed by atoms with Crippen molar-refractivity contribution in [2.75, 3.05) is 19.6 Å². The van der Waals surface area contributed by atoms with Crippen LogP contribution in [0.25, 0.3) is 0 Å². The Hall–Kier alpha value is -0.160. The smallest absolute Gasteiger partial charge is 0.182 e. The highest BCUT2D eigenvalue weighted by Crippen LogP contribution is 2.25. The van der Waals surface area contributed by atoms with Crippen LogP contribution in [0, 0.1) is 0 Å². The van der Waals surface area contributed by atoms with E-state index >= 15 is 0 Å². The maximum atomic E-state index is 5.61. The third-order valence-electron chi connectivity index (χ3n) is 3.21. The van der Waals surface area contributed by atoms with Crippen LogP contribution in [0.2, 0.25) is 0 Å². The molecule has 0 aromatic carbocycles. The molecule has 1 N–H and O–H groups in total. The molecule has 0 radical (unpaired) electrons. The van der Waals surface area contributed by atoms with Gasteiger partial charge in [0.25, 0.3) is 0 Å². The molecule has 0 saturated carbocycles. The summed E-state index contributed by atoms with van der Waals surface area (Å²) in [5.74, 6) is 0. The third-order valence-corrected chi connectivity index (χ3v) is 3.21. The van der Waals surface area contributed by atoms with Crippen molar-refractivity contribution in [1.29, 1.82) is 0 Å². The SMILES string of the molecule is C1CCN(N2CCC3NC2O3)CC1. The molecule has 4 heterocycles. The summed E-state index contributed by atoms with van der Waals surface area (Å²) >= 11 is 0. The summed E-state index contributed by atoms with van der Waals surface area (Å²) in [6.07, 6.45) is 5.75. The number of fused-ring (bicyclic) bond motifs is 2. The minimum Gasteiger partial charge on any atom is -0.330 e. The van der Waals surface area contributed by atoms with E-state index in [1.807, 2.05) is 0 Å². The Morgan fingerprint density at radius 1 is 1.08 bits per heavy atom. The molecule has 0 amide bonds. The van der Waals surface area contributed by atoms with Crippen LogP contribution in [0.5, 0.6) is 0 Å². The van der Waals surface area contributed by atoms with Crippen molar-refractivity contribution in [1.82, 2.24) is 15.3 Å². The molecule has 4 fully saturated rings. The molecule has 0 aromatic heterocycles. The van der Waals surface area contributed by atoms with Crippen LogP contribution in [-0.2, 0) is 4.74 Å². The van der Waals surface area contributed by atoms with E-state index in [1.165, 1.54) is 38.9 Å². The highest BCUT2D eigenvalue weighted by atomic mass is 16.6. The fourth-order valence-electron chi connectivity index (χ4n) is 2.42. The van der Waals surface area contributed by atoms with Crippen LogP contribution < -0.4 is 5.32 Å². The molecule has 74 valence electrons. The minimum atomic E-state index is 0.192. The van der Waals surface area contributed by atoms with Gasteiger partial charge in [0.2, 0.25) is 0 Å². The molecule has 13 heavy (non-hydrogen) atoms. The second-order valence-corrected chi connectivity index (χ2v) is 4.11. The van der Waals surface area contributed by atoms with Gasteiger partial charge in [0.1, 0.15) is 6.23 Å². The van der Waals surface area contributed by atoms with E-state index in [9.17, 15) is 0 Å². The highest BCUT2D eigenvalue weighted by Gasteiger charge is 2.41. The predicted molar refractivity (Wildman–Crippen MR) is 48.5 cm³/mol. The summed E-state index contributed by atoms with van der Waals surface area (Å²) in [5, 5.41) is 8.20. The van der Waals surface area contributed by atoms with E-state index in [2.05, 4.69) is 15.3 Å². The van der Waals surface area contributed by atoms with Crippen molar-refractivity contribution in [3.05, 3.63) is 0 Å². The number of hydrazine groups is 1. The van der Waals surface area contributed by atoms with Crippen molar-refractivity contribution in [2.24, 2.45) is 0 Å². The van der Waals surface area contributed by atoms with Gasteiger partial charge in [-0.15, -0.1) is 0 Å². The average molecular weight is 183 g/mol. The molecule has 4 aliphatic heterocycles. The maximum absolute atomic E-state index is 5.61. The molecular formula is C9H17N3O.